The number of aryl methyl sites for hydroxylation is 1. The van der Waals surface area contributed by atoms with Gasteiger partial charge in [0.05, 0.1) is 5.56 Å². The molecule has 0 spiro atoms. The quantitative estimate of drug-likeness (QED) is 0.641. The van der Waals surface area contributed by atoms with E-state index >= 15 is 0 Å². The van der Waals surface area contributed by atoms with Gasteiger partial charge in [0.1, 0.15) is 5.82 Å². The Hall–Kier alpha value is -2.18. The molecule has 1 aromatic carbocycles. The van der Waals surface area contributed by atoms with E-state index in [1.54, 1.807) is 6.92 Å². The van der Waals surface area contributed by atoms with Crippen molar-refractivity contribution in [2.75, 3.05) is 0 Å². The summed E-state index contributed by atoms with van der Waals surface area (Å²) >= 11 is 0. The van der Waals surface area contributed by atoms with Gasteiger partial charge in [0.2, 0.25) is 5.78 Å². The summed E-state index contributed by atoms with van der Waals surface area (Å²) in [5.74, 6) is -2.01. The Morgan fingerprint density at radius 2 is 2.05 bits per heavy atom. The monoisotopic (exact) mass is 286 g/mol. The normalized spacial score (nSPS) is 11.7. The summed E-state index contributed by atoms with van der Waals surface area (Å²) in [5.41, 5.74) is -1.91. The second-order valence-electron chi connectivity index (χ2n) is 4.05. The highest BCUT2D eigenvalue weighted by atomic mass is 19.4. The summed E-state index contributed by atoms with van der Waals surface area (Å²) in [5, 5.41) is 0. The molecule has 0 aliphatic heterocycles. The van der Waals surface area contributed by atoms with E-state index in [-0.39, 0.29) is 5.82 Å². The van der Waals surface area contributed by atoms with Crippen LogP contribution in [-0.2, 0) is 12.7 Å². The van der Waals surface area contributed by atoms with Crippen molar-refractivity contribution < 1.29 is 22.4 Å². The van der Waals surface area contributed by atoms with Crippen LogP contribution in [0.4, 0.5) is 17.6 Å². The summed E-state index contributed by atoms with van der Waals surface area (Å²) in [7, 11) is 0. The van der Waals surface area contributed by atoms with E-state index in [0.29, 0.717) is 24.7 Å². The van der Waals surface area contributed by atoms with E-state index in [4.69, 9.17) is 0 Å². The van der Waals surface area contributed by atoms with E-state index in [1.165, 1.54) is 17.0 Å². The van der Waals surface area contributed by atoms with Crippen molar-refractivity contribution >= 4 is 5.78 Å². The SMILES string of the molecule is CCn1ccnc1C(=O)c1cc(F)ccc1C(F)(F)F. The number of benzene rings is 1. The van der Waals surface area contributed by atoms with Crippen molar-refractivity contribution in [3.8, 4) is 0 Å². The minimum atomic E-state index is -4.73. The van der Waals surface area contributed by atoms with Gasteiger partial charge in [-0.3, -0.25) is 4.79 Å². The number of imidazole rings is 1. The average molecular weight is 286 g/mol. The Bertz CT molecular complexity index is 646. The molecule has 0 atom stereocenters. The maximum absolute atomic E-state index is 13.2. The molecule has 1 aromatic heterocycles. The summed E-state index contributed by atoms with van der Waals surface area (Å²) in [6.45, 7) is 2.09. The predicted molar refractivity (Wildman–Crippen MR) is 62.7 cm³/mol. The smallest absolute Gasteiger partial charge is 0.328 e. The third-order valence-corrected chi connectivity index (χ3v) is 2.79. The lowest BCUT2D eigenvalue weighted by atomic mass is 10.0. The lowest BCUT2D eigenvalue weighted by molar-refractivity contribution is -0.137. The molecule has 0 radical (unpaired) electrons. The first-order valence-corrected chi connectivity index (χ1v) is 5.77. The third kappa shape index (κ3) is 2.56. The van der Waals surface area contributed by atoms with Gasteiger partial charge in [-0.1, -0.05) is 0 Å². The number of nitrogens with zero attached hydrogens (tertiary/aromatic N) is 2. The summed E-state index contributed by atoms with van der Waals surface area (Å²) in [6, 6.07) is 1.81. The molecule has 0 unspecified atom stereocenters. The van der Waals surface area contributed by atoms with Crippen LogP contribution >= 0.6 is 0 Å². The van der Waals surface area contributed by atoms with E-state index in [1.807, 2.05) is 0 Å². The lowest BCUT2D eigenvalue weighted by Crippen LogP contribution is -2.17. The zero-order valence-electron chi connectivity index (χ0n) is 10.4. The highest BCUT2D eigenvalue weighted by molar-refractivity contribution is 6.07. The maximum atomic E-state index is 13.2. The first kappa shape index (κ1) is 14.2. The van der Waals surface area contributed by atoms with Gasteiger partial charge in [-0.05, 0) is 25.1 Å². The van der Waals surface area contributed by atoms with Crippen LogP contribution in [0, 0.1) is 5.82 Å². The Kier molecular flexibility index (Phi) is 3.61. The fraction of sp³-hybridized carbons (Fsp3) is 0.231. The first-order chi connectivity index (χ1) is 9.34. The fourth-order valence-corrected chi connectivity index (χ4v) is 1.85. The number of alkyl halides is 3. The molecule has 0 amide bonds. The zero-order chi connectivity index (χ0) is 14.9. The van der Waals surface area contributed by atoms with Crippen LogP contribution < -0.4 is 0 Å². The lowest BCUT2D eigenvalue weighted by Gasteiger charge is -2.12. The van der Waals surface area contributed by atoms with Crippen LogP contribution in [0.15, 0.2) is 30.6 Å². The minimum absolute atomic E-state index is 0.149. The second kappa shape index (κ2) is 5.07. The molecule has 0 bridgehead atoms. The number of carbonyl (C=O) groups is 1. The van der Waals surface area contributed by atoms with Crippen LogP contribution in [0.5, 0.6) is 0 Å². The molecular weight excluding hydrogens is 276 g/mol. The van der Waals surface area contributed by atoms with Crippen molar-refractivity contribution in [2.45, 2.75) is 19.6 Å². The van der Waals surface area contributed by atoms with Gasteiger partial charge >= 0.3 is 6.18 Å². The molecule has 106 valence electrons. The number of halogens is 4. The molecule has 0 saturated heterocycles. The Labute approximate surface area is 111 Å². The molecule has 7 heteroatoms. The molecule has 2 rings (SSSR count). The van der Waals surface area contributed by atoms with Gasteiger partial charge in [0.25, 0.3) is 0 Å². The van der Waals surface area contributed by atoms with E-state index in [2.05, 4.69) is 4.98 Å². The van der Waals surface area contributed by atoms with E-state index < -0.39 is 28.9 Å². The molecule has 0 aliphatic carbocycles. The third-order valence-electron chi connectivity index (χ3n) is 2.79. The van der Waals surface area contributed by atoms with Crippen molar-refractivity contribution in [2.24, 2.45) is 0 Å². The van der Waals surface area contributed by atoms with Crippen LogP contribution in [0.3, 0.4) is 0 Å². The highest BCUT2D eigenvalue weighted by Gasteiger charge is 2.36. The molecule has 0 fully saturated rings. The number of carbonyl (C=O) groups excluding carboxylic acids is 1. The van der Waals surface area contributed by atoms with Crippen LogP contribution in [-0.4, -0.2) is 15.3 Å². The Morgan fingerprint density at radius 3 is 2.65 bits per heavy atom. The standard InChI is InChI=1S/C13H10F4N2O/c1-2-19-6-5-18-12(19)11(20)9-7-8(14)3-4-10(9)13(15,16)17/h3-7H,2H2,1H3. The summed E-state index contributed by atoms with van der Waals surface area (Å²) in [6.07, 6.45) is -1.95. The molecule has 20 heavy (non-hydrogen) atoms. The number of aromatic nitrogens is 2. The number of ketones is 1. The molecule has 0 saturated carbocycles. The van der Waals surface area contributed by atoms with Gasteiger partial charge in [-0.25, -0.2) is 9.37 Å². The van der Waals surface area contributed by atoms with Crippen LogP contribution in [0.1, 0.15) is 28.7 Å². The van der Waals surface area contributed by atoms with Crippen molar-refractivity contribution in [3.63, 3.8) is 0 Å². The van der Waals surface area contributed by atoms with E-state index in [9.17, 15) is 22.4 Å². The largest absolute Gasteiger partial charge is 0.417 e. The van der Waals surface area contributed by atoms with Gasteiger partial charge in [0, 0.05) is 24.5 Å². The minimum Gasteiger partial charge on any atom is -0.328 e. The number of rotatable bonds is 3. The van der Waals surface area contributed by atoms with Crippen LogP contribution in [0.2, 0.25) is 0 Å². The number of hydrogen-bond acceptors (Lipinski definition) is 2. The molecular formula is C13H10F4N2O. The summed E-state index contributed by atoms with van der Waals surface area (Å²) in [4.78, 5) is 15.9. The highest BCUT2D eigenvalue weighted by Crippen LogP contribution is 2.33. The van der Waals surface area contributed by atoms with Gasteiger partial charge in [-0.15, -0.1) is 0 Å². The predicted octanol–water partition coefficient (Wildman–Crippen LogP) is 3.29. The van der Waals surface area contributed by atoms with Crippen molar-refractivity contribution in [1.82, 2.24) is 9.55 Å². The first-order valence-electron chi connectivity index (χ1n) is 5.77. The van der Waals surface area contributed by atoms with Gasteiger partial charge in [0.15, 0.2) is 5.82 Å². The Balaban J connectivity index is 2.57. The summed E-state index contributed by atoms with van der Waals surface area (Å²) < 4.78 is 53.2. The average Bonchev–Trinajstić information content (AvgIpc) is 2.84. The molecule has 0 aliphatic rings. The van der Waals surface area contributed by atoms with E-state index in [0.717, 1.165) is 0 Å². The topological polar surface area (TPSA) is 34.9 Å². The molecule has 2 aromatic rings. The molecule has 3 nitrogen and oxygen atoms in total. The second-order valence-corrected chi connectivity index (χ2v) is 4.05. The van der Waals surface area contributed by atoms with Gasteiger partial charge in [-0.2, -0.15) is 13.2 Å². The van der Waals surface area contributed by atoms with Crippen LogP contribution in [0.25, 0.3) is 0 Å². The van der Waals surface area contributed by atoms with Crippen molar-refractivity contribution in [1.29, 1.82) is 0 Å². The van der Waals surface area contributed by atoms with Gasteiger partial charge < -0.3 is 4.57 Å². The molecule has 1 heterocycles. The van der Waals surface area contributed by atoms with Crippen molar-refractivity contribution in [3.05, 3.63) is 53.4 Å². The fourth-order valence-electron chi connectivity index (χ4n) is 1.85. The zero-order valence-corrected chi connectivity index (χ0v) is 10.4. The maximum Gasteiger partial charge on any atom is 0.417 e. The number of hydrogen-bond donors (Lipinski definition) is 0. The Morgan fingerprint density at radius 1 is 1.35 bits per heavy atom. The molecule has 0 N–H and O–H groups in total.